The number of allylic oxidation sites excluding steroid dienone is 2. The van der Waals surface area contributed by atoms with E-state index in [4.69, 9.17) is 17.0 Å². The van der Waals surface area contributed by atoms with E-state index in [-0.39, 0.29) is 23.7 Å². The molecular weight excluding hydrogens is 492 g/mol. The van der Waals surface area contributed by atoms with Gasteiger partial charge >= 0.3 is 0 Å². The van der Waals surface area contributed by atoms with Crippen molar-refractivity contribution in [1.82, 2.24) is 9.80 Å². The third-order valence-electron chi connectivity index (χ3n) is 7.85. The first-order valence-electron chi connectivity index (χ1n) is 13.7. The van der Waals surface area contributed by atoms with Crippen LogP contribution in [0, 0.1) is 11.3 Å². The van der Waals surface area contributed by atoms with Gasteiger partial charge in [0, 0.05) is 42.5 Å². The number of hydrogen-bond donors (Lipinski definition) is 1. The van der Waals surface area contributed by atoms with Crippen LogP contribution in [0.25, 0.3) is 5.57 Å². The lowest BCUT2D eigenvalue weighted by Gasteiger charge is -2.42. The summed E-state index contributed by atoms with van der Waals surface area (Å²) in [4.78, 5) is 22.4. The first-order chi connectivity index (χ1) is 18.3. The van der Waals surface area contributed by atoms with Crippen molar-refractivity contribution in [2.45, 2.75) is 59.4 Å². The molecule has 38 heavy (non-hydrogen) atoms. The van der Waals surface area contributed by atoms with Crippen molar-refractivity contribution >= 4 is 35.1 Å². The van der Waals surface area contributed by atoms with E-state index in [0.29, 0.717) is 19.6 Å². The van der Waals surface area contributed by atoms with E-state index in [1.54, 1.807) is 0 Å². The minimum atomic E-state index is 0.0478. The van der Waals surface area contributed by atoms with Gasteiger partial charge in [-0.2, -0.15) is 0 Å². The van der Waals surface area contributed by atoms with Gasteiger partial charge in [-0.1, -0.05) is 61.0 Å². The molecule has 1 heterocycles. The van der Waals surface area contributed by atoms with Gasteiger partial charge in [-0.25, -0.2) is 4.99 Å². The highest BCUT2D eigenvalue weighted by atomic mass is 35.5. The molecule has 0 spiro atoms. The average Bonchev–Trinajstić information content (AvgIpc) is 2.91. The molecule has 2 aliphatic rings. The summed E-state index contributed by atoms with van der Waals surface area (Å²) in [5, 5.41) is 9.44. The van der Waals surface area contributed by atoms with E-state index in [1.807, 2.05) is 48.4 Å². The highest BCUT2D eigenvalue weighted by Gasteiger charge is 2.32. The van der Waals surface area contributed by atoms with Gasteiger partial charge in [0.1, 0.15) is 0 Å². The van der Waals surface area contributed by atoms with Crippen LogP contribution in [-0.2, 0) is 17.6 Å². The van der Waals surface area contributed by atoms with Crippen molar-refractivity contribution in [3.63, 3.8) is 0 Å². The largest absolute Gasteiger partial charge is 0.365 e. The second-order valence-corrected chi connectivity index (χ2v) is 10.8. The van der Waals surface area contributed by atoms with Gasteiger partial charge in [-0.15, -0.1) is 0 Å². The molecule has 2 unspecified atom stereocenters. The topological polar surface area (TPSA) is 59.8 Å². The maximum Gasteiger partial charge on any atom is 0.250 e. The number of piperazine rings is 1. The number of aliphatic imine (C=N–C) groups is 1. The lowest BCUT2D eigenvalue weighted by molar-refractivity contribution is -0.131. The van der Waals surface area contributed by atoms with E-state index in [0.717, 1.165) is 47.5 Å². The van der Waals surface area contributed by atoms with Crippen LogP contribution in [0.4, 0.5) is 0 Å². The standard InChI is InChI=1S/C32H39ClN4O/c1-5-24(18-25-10-9-12-27(33)19-25)20-35-31(34)30(6-2)36-16-17-37(22(3)21-36)32(38)29-15-14-26-11-7-8-13-28(26)23(29)4/h6-13,19-20,22,24,34H,5,14-18,21H2,1-4H3. The SMILES string of the molecule is CC=C(C(=N)N=CC(CC)Cc1cccc(Cl)c1)N1CCN(C(=O)C2=C(C)c3ccccc3CC2)C(C)C1. The van der Waals surface area contributed by atoms with Crippen molar-refractivity contribution in [2.24, 2.45) is 10.9 Å². The molecule has 5 nitrogen and oxygen atoms in total. The van der Waals surface area contributed by atoms with Gasteiger partial charge in [0.05, 0.1) is 5.70 Å². The molecule has 200 valence electrons. The summed E-state index contributed by atoms with van der Waals surface area (Å²) in [6.07, 6.45) is 7.36. The van der Waals surface area contributed by atoms with E-state index in [1.165, 1.54) is 16.7 Å². The highest BCUT2D eigenvalue weighted by molar-refractivity contribution is 6.30. The fraction of sp³-hybridized carbons (Fsp3) is 0.406. The third-order valence-corrected chi connectivity index (χ3v) is 8.08. The van der Waals surface area contributed by atoms with Crippen molar-refractivity contribution in [1.29, 1.82) is 5.41 Å². The van der Waals surface area contributed by atoms with E-state index >= 15 is 0 Å². The molecule has 2 aromatic carbocycles. The molecule has 1 aliphatic carbocycles. The Balaban J connectivity index is 1.39. The van der Waals surface area contributed by atoms with Gasteiger partial charge in [-0.05, 0) is 86.8 Å². The van der Waals surface area contributed by atoms with Gasteiger partial charge in [0.25, 0.3) is 0 Å². The third kappa shape index (κ3) is 6.27. The van der Waals surface area contributed by atoms with Gasteiger partial charge in [-0.3, -0.25) is 10.2 Å². The number of carbonyl (C=O) groups is 1. The Hall–Kier alpha value is -3.18. The van der Waals surface area contributed by atoms with Crippen molar-refractivity contribution in [3.8, 4) is 0 Å². The number of fused-ring (bicyclic) bond motifs is 1. The number of rotatable bonds is 7. The van der Waals surface area contributed by atoms with E-state index < -0.39 is 0 Å². The Labute approximate surface area is 232 Å². The minimum Gasteiger partial charge on any atom is -0.365 e. The number of amidine groups is 1. The van der Waals surface area contributed by atoms with Crippen molar-refractivity contribution < 1.29 is 4.79 Å². The fourth-order valence-corrected chi connectivity index (χ4v) is 5.83. The van der Waals surface area contributed by atoms with Gasteiger partial charge in [0.2, 0.25) is 5.91 Å². The second-order valence-electron chi connectivity index (χ2n) is 10.4. The van der Waals surface area contributed by atoms with Crippen LogP contribution in [0.5, 0.6) is 0 Å². The Kier molecular flexibility index (Phi) is 9.22. The molecule has 6 heteroatoms. The number of amides is 1. The number of nitrogens with zero attached hydrogens (tertiary/aromatic N) is 3. The van der Waals surface area contributed by atoms with Crippen LogP contribution in [0.3, 0.4) is 0 Å². The molecule has 1 aliphatic heterocycles. The zero-order valence-corrected chi connectivity index (χ0v) is 23.8. The molecule has 4 rings (SSSR count). The molecule has 0 radical (unpaired) electrons. The van der Waals surface area contributed by atoms with Crippen LogP contribution in [-0.4, -0.2) is 53.4 Å². The molecule has 0 aromatic heterocycles. The Morgan fingerprint density at radius 3 is 2.68 bits per heavy atom. The summed E-state index contributed by atoms with van der Waals surface area (Å²) in [5.41, 5.74) is 6.58. The Morgan fingerprint density at radius 2 is 1.97 bits per heavy atom. The molecule has 1 saturated heterocycles. The van der Waals surface area contributed by atoms with Crippen LogP contribution in [0.15, 0.2) is 70.9 Å². The summed E-state index contributed by atoms with van der Waals surface area (Å²) in [6.45, 7) is 10.3. The maximum absolute atomic E-state index is 13.6. The maximum atomic E-state index is 13.6. The molecule has 0 bridgehead atoms. The normalized spacial score (nSPS) is 19.1. The Morgan fingerprint density at radius 1 is 1.18 bits per heavy atom. The molecule has 1 amide bonds. The first kappa shape index (κ1) is 27.8. The van der Waals surface area contributed by atoms with Crippen molar-refractivity contribution in [3.05, 3.63) is 87.6 Å². The molecule has 1 N–H and O–H groups in total. The van der Waals surface area contributed by atoms with Crippen LogP contribution >= 0.6 is 11.6 Å². The lowest BCUT2D eigenvalue weighted by Crippen LogP contribution is -2.54. The Bertz CT molecular complexity index is 1280. The van der Waals surface area contributed by atoms with Gasteiger partial charge < -0.3 is 9.80 Å². The zero-order chi connectivity index (χ0) is 27.2. The second kappa shape index (κ2) is 12.6. The average molecular weight is 531 g/mol. The summed E-state index contributed by atoms with van der Waals surface area (Å²) in [6, 6.07) is 16.4. The fourth-order valence-electron chi connectivity index (χ4n) is 5.62. The number of hydrogen-bond acceptors (Lipinski definition) is 3. The van der Waals surface area contributed by atoms with Crippen LogP contribution in [0.2, 0.25) is 5.02 Å². The van der Waals surface area contributed by atoms with Crippen molar-refractivity contribution in [2.75, 3.05) is 19.6 Å². The first-order valence-corrected chi connectivity index (χ1v) is 14.1. The predicted molar refractivity (Wildman–Crippen MR) is 159 cm³/mol. The zero-order valence-electron chi connectivity index (χ0n) is 23.0. The number of halogens is 1. The van der Waals surface area contributed by atoms with Crippen LogP contribution in [0.1, 0.15) is 57.2 Å². The van der Waals surface area contributed by atoms with Crippen LogP contribution < -0.4 is 0 Å². The summed E-state index contributed by atoms with van der Waals surface area (Å²) in [7, 11) is 0. The minimum absolute atomic E-state index is 0.0478. The number of nitrogens with one attached hydrogen (secondary N) is 1. The summed E-state index contributed by atoms with van der Waals surface area (Å²) in [5.74, 6) is 0.662. The van der Waals surface area contributed by atoms with E-state index in [9.17, 15) is 4.79 Å². The molecular formula is C32H39ClN4O. The monoisotopic (exact) mass is 530 g/mol. The smallest absolute Gasteiger partial charge is 0.250 e. The molecule has 0 saturated carbocycles. The lowest BCUT2D eigenvalue weighted by atomic mass is 9.85. The predicted octanol–water partition coefficient (Wildman–Crippen LogP) is 6.81. The quantitative estimate of drug-likeness (QED) is 0.315. The van der Waals surface area contributed by atoms with E-state index in [2.05, 4.69) is 54.9 Å². The molecule has 2 atom stereocenters. The van der Waals surface area contributed by atoms with Gasteiger partial charge in [0.15, 0.2) is 5.84 Å². The number of benzene rings is 2. The summed E-state index contributed by atoms with van der Waals surface area (Å²) < 4.78 is 0. The number of aryl methyl sites for hydroxylation is 1. The molecule has 1 fully saturated rings. The highest BCUT2D eigenvalue weighted by Crippen LogP contribution is 2.32. The summed E-state index contributed by atoms with van der Waals surface area (Å²) >= 11 is 6.15. The number of carbonyl (C=O) groups excluding carboxylic acids is 1. The molecule has 2 aromatic rings.